The van der Waals surface area contributed by atoms with Crippen LogP contribution >= 0.6 is 0 Å². The van der Waals surface area contributed by atoms with E-state index in [1.807, 2.05) is 36.4 Å². The zero-order chi connectivity index (χ0) is 23.4. The molecule has 5 N–H and O–H groups in total. The second kappa shape index (κ2) is 10.8. The highest BCUT2D eigenvalue weighted by Crippen LogP contribution is 2.36. The van der Waals surface area contributed by atoms with Crippen molar-refractivity contribution in [3.8, 4) is 17.2 Å². The Labute approximate surface area is 193 Å². The predicted molar refractivity (Wildman–Crippen MR) is 119 cm³/mol. The van der Waals surface area contributed by atoms with Crippen molar-refractivity contribution < 1.29 is 39.7 Å². The van der Waals surface area contributed by atoms with E-state index in [0.717, 1.165) is 49.7 Å². The maximum atomic E-state index is 10.3. The highest BCUT2D eigenvalue weighted by atomic mass is 16.7. The molecule has 4 bridgehead atoms. The number of aliphatic hydroxyl groups excluding tert-OH is 5. The van der Waals surface area contributed by atoms with Crippen LogP contribution in [-0.4, -0.2) is 68.9 Å². The first-order valence-electron chi connectivity index (χ1n) is 11.5. The molecule has 2 aromatic rings. The molecule has 180 valence electrons. The second-order valence-corrected chi connectivity index (χ2v) is 8.78. The van der Waals surface area contributed by atoms with Gasteiger partial charge in [0.25, 0.3) is 0 Å². The zero-order valence-corrected chi connectivity index (χ0v) is 18.4. The van der Waals surface area contributed by atoms with Crippen molar-refractivity contribution in [1.29, 1.82) is 0 Å². The molecule has 8 nitrogen and oxygen atoms in total. The number of benzene rings is 2. The third kappa shape index (κ3) is 5.84. The van der Waals surface area contributed by atoms with Gasteiger partial charge in [0, 0.05) is 0 Å². The van der Waals surface area contributed by atoms with Crippen LogP contribution in [0.1, 0.15) is 36.8 Å². The van der Waals surface area contributed by atoms with Gasteiger partial charge < -0.3 is 39.7 Å². The first-order chi connectivity index (χ1) is 15.9. The normalized spacial score (nSPS) is 30.7. The maximum Gasteiger partial charge on any atom is 0.229 e. The lowest BCUT2D eigenvalue weighted by Crippen LogP contribution is -2.60. The third-order valence-corrected chi connectivity index (χ3v) is 6.27. The monoisotopic (exact) mass is 460 g/mol. The molecule has 3 heterocycles. The lowest BCUT2D eigenvalue weighted by atomic mass is 9.99. The number of hydrogen-bond acceptors (Lipinski definition) is 8. The van der Waals surface area contributed by atoms with Crippen LogP contribution in [0.15, 0.2) is 42.5 Å². The summed E-state index contributed by atoms with van der Waals surface area (Å²) in [5.74, 6) is 1.32. The molecule has 3 aliphatic heterocycles. The SMILES string of the molecule is OCC1O[C@@H](Oc2ccc3cc2Oc2ccc(cc2)CC[C@@H](O)CCCC3)C(O)[C@H](O)[C@H]1O. The molecular formula is C25H32O8. The van der Waals surface area contributed by atoms with Gasteiger partial charge in [-0.25, -0.2) is 0 Å². The van der Waals surface area contributed by atoms with Gasteiger partial charge in [-0.2, -0.15) is 0 Å². The summed E-state index contributed by atoms with van der Waals surface area (Å²) >= 11 is 0. The molecule has 0 aromatic heterocycles. The largest absolute Gasteiger partial charge is 0.458 e. The van der Waals surface area contributed by atoms with Gasteiger partial charge in [-0.15, -0.1) is 0 Å². The van der Waals surface area contributed by atoms with E-state index in [2.05, 4.69) is 0 Å². The fourth-order valence-corrected chi connectivity index (χ4v) is 4.21. The smallest absolute Gasteiger partial charge is 0.229 e. The molecule has 33 heavy (non-hydrogen) atoms. The molecule has 0 spiro atoms. The van der Waals surface area contributed by atoms with Crippen LogP contribution in [0.4, 0.5) is 0 Å². The second-order valence-electron chi connectivity index (χ2n) is 8.78. The van der Waals surface area contributed by atoms with E-state index in [-0.39, 0.29) is 6.10 Å². The van der Waals surface area contributed by atoms with Gasteiger partial charge in [0.1, 0.15) is 30.2 Å². The average molecular weight is 461 g/mol. The molecule has 2 unspecified atom stereocenters. The molecule has 3 aliphatic rings. The average Bonchev–Trinajstić information content (AvgIpc) is 2.83. The van der Waals surface area contributed by atoms with Gasteiger partial charge in [-0.3, -0.25) is 0 Å². The van der Waals surface area contributed by atoms with E-state index in [9.17, 15) is 25.5 Å². The van der Waals surface area contributed by atoms with Gasteiger partial charge >= 0.3 is 0 Å². The lowest BCUT2D eigenvalue weighted by molar-refractivity contribution is -0.277. The number of fused-ring (bicyclic) bond motifs is 8. The van der Waals surface area contributed by atoms with Crippen molar-refractivity contribution in [2.45, 2.75) is 75.3 Å². The van der Waals surface area contributed by atoms with Crippen LogP contribution in [0.3, 0.4) is 0 Å². The van der Waals surface area contributed by atoms with Crippen molar-refractivity contribution in [1.82, 2.24) is 0 Å². The van der Waals surface area contributed by atoms with Crippen molar-refractivity contribution in [2.24, 2.45) is 0 Å². The lowest BCUT2D eigenvalue weighted by Gasteiger charge is -2.39. The van der Waals surface area contributed by atoms with E-state index in [0.29, 0.717) is 17.2 Å². The molecule has 0 amide bonds. The number of aryl methyl sites for hydroxylation is 2. The van der Waals surface area contributed by atoms with E-state index in [4.69, 9.17) is 14.2 Å². The zero-order valence-electron chi connectivity index (χ0n) is 18.4. The van der Waals surface area contributed by atoms with Crippen LogP contribution in [0, 0.1) is 0 Å². The summed E-state index contributed by atoms with van der Waals surface area (Å²) in [5, 5.41) is 50.1. The van der Waals surface area contributed by atoms with Crippen LogP contribution in [-0.2, 0) is 17.6 Å². The van der Waals surface area contributed by atoms with Crippen LogP contribution < -0.4 is 9.47 Å². The van der Waals surface area contributed by atoms with Crippen LogP contribution in [0.25, 0.3) is 0 Å². The molecule has 1 fully saturated rings. The summed E-state index contributed by atoms with van der Waals surface area (Å²) in [5.41, 5.74) is 2.15. The quantitative estimate of drug-likeness (QED) is 0.468. The molecule has 5 rings (SSSR count). The van der Waals surface area contributed by atoms with Crippen molar-refractivity contribution in [3.05, 3.63) is 53.6 Å². The Morgan fingerprint density at radius 2 is 1.58 bits per heavy atom. The van der Waals surface area contributed by atoms with E-state index < -0.39 is 37.3 Å². The Bertz CT molecular complexity index is 900. The molecule has 0 saturated carbocycles. The van der Waals surface area contributed by atoms with Crippen molar-refractivity contribution in [3.63, 3.8) is 0 Å². The molecule has 6 atom stereocenters. The van der Waals surface area contributed by atoms with Gasteiger partial charge in [0.15, 0.2) is 11.5 Å². The van der Waals surface area contributed by atoms with E-state index in [1.54, 1.807) is 6.07 Å². The van der Waals surface area contributed by atoms with Gasteiger partial charge in [-0.05, 0) is 67.5 Å². The number of rotatable bonds is 3. The molecule has 8 heteroatoms. The first kappa shape index (κ1) is 23.9. The number of aliphatic hydroxyl groups is 5. The summed E-state index contributed by atoms with van der Waals surface area (Å²) in [4.78, 5) is 0. The minimum atomic E-state index is -1.53. The van der Waals surface area contributed by atoms with Crippen molar-refractivity contribution >= 4 is 0 Å². The number of hydrogen-bond donors (Lipinski definition) is 5. The topological polar surface area (TPSA) is 129 Å². The summed E-state index contributed by atoms with van der Waals surface area (Å²) < 4.78 is 17.4. The maximum absolute atomic E-state index is 10.3. The van der Waals surface area contributed by atoms with Crippen LogP contribution in [0.5, 0.6) is 17.2 Å². The van der Waals surface area contributed by atoms with E-state index >= 15 is 0 Å². The first-order valence-corrected chi connectivity index (χ1v) is 11.5. The Morgan fingerprint density at radius 1 is 0.818 bits per heavy atom. The Morgan fingerprint density at radius 3 is 2.33 bits per heavy atom. The van der Waals surface area contributed by atoms with Gasteiger partial charge in [-0.1, -0.05) is 24.6 Å². The Kier molecular flexibility index (Phi) is 7.85. The highest BCUT2D eigenvalue weighted by molar-refractivity contribution is 5.46. The van der Waals surface area contributed by atoms with Gasteiger partial charge in [0.2, 0.25) is 6.29 Å². The van der Waals surface area contributed by atoms with Crippen LogP contribution in [0.2, 0.25) is 0 Å². The number of ether oxygens (including phenoxy) is 3. The third-order valence-electron chi connectivity index (χ3n) is 6.27. The summed E-state index contributed by atoms with van der Waals surface area (Å²) in [6.07, 6.45) is -2.23. The van der Waals surface area contributed by atoms with Crippen molar-refractivity contribution in [2.75, 3.05) is 6.61 Å². The standard InChI is InChI=1S/C25H32O8/c26-14-21-22(28)23(29)24(30)25(33-21)32-19-12-8-16-3-1-2-4-17(27)9-5-15-6-10-18(11-7-15)31-20(19)13-16/h6-8,10-13,17,21-30H,1-5,9,14H2/t17-,21?,22-,23+,24?,25+/m0/s1. The van der Waals surface area contributed by atoms with Gasteiger partial charge in [0.05, 0.1) is 12.7 Å². The highest BCUT2D eigenvalue weighted by Gasteiger charge is 2.45. The van der Waals surface area contributed by atoms with E-state index in [1.165, 1.54) is 0 Å². The molecule has 1 saturated heterocycles. The fourth-order valence-electron chi connectivity index (χ4n) is 4.21. The minimum Gasteiger partial charge on any atom is -0.458 e. The molecule has 2 aromatic carbocycles. The predicted octanol–water partition coefficient (Wildman–Crippen LogP) is 1.68. The fraction of sp³-hybridized carbons (Fsp3) is 0.520. The molecular weight excluding hydrogens is 428 g/mol. The molecule has 0 aliphatic carbocycles. The summed E-state index contributed by atoms with van der Waals surface area (Å²) in [6.45, 7) is -0.534. The Hall–Kier alpha value is -2.20. The summed E-state index contributed by atoms with van der Waals surface area (Å²) in [7, 11) is 0. The Balaban J connectivity index is 1.59. The summed E-state index contributed by atoms with van der Waals surface area (Å²) in [6, 6.07) is 13.1. The minimum absolute atomic E-state index is 0.298. The molecule has 0 radical (unpaired) electrons.